The van der Waals surface area contributed by atoms with Gasteiger partial charge in [-0.05, 0) is 92.3 Å². The smallest absolute Gasteiger partial charge is 0.205 e. The van der Waals surface area contributed by atoms with Gasteiger partial charge in [0.15, 0.2) is 0 Å². The van der Waals surface area contributed by atoms with Crippen LogP contribution in [0, 0.1) is 46.0 Å². The van der Waals surface area contributed by atoms with Crippen LogP contribution in [0.2, 0.25) is 0 Å². The van der Waals surface area contributed by atoms with E-state index in [0.29, 0.717) is 10.8 Å². The summed E-state index contributed by atoms with van der Waals surface area (Å²) in [6.45, 7) is 4.98. The Morgan fingerprint density at radius 2 is 1.96 bits per heavy atom. The standard InChI is InChI=1S/C20H30N2O/c1-19-7-6-17-16(18(19)10-14(11-19)22-12-21)4-3-13-9-15(23)5-8-20(13,17)2/h13,15-18,23H,3-11H2,1-2H3. The summed E-state index contributed by atoms with van der Waals surface area (Å²) in [7, 11) is 0. The molecule has 0 aromatic heterocycles. The van der Waals surface area contributed by atoms with Gasteiger partial charge < -0.3 is 5.11 Å². The molecule has 7 atom stereocenters. The van der Waals surface area contributed by atoms with E-state index in [4.69, 9.17) is 5.26 Å². The Bertz CT molecular complexity index is 564. The molecule has 0 aliphatic heterocycles. The largest absolute Gasteiger partial charge is 0.393 e. The zero-order valence-electron chi connectivity index (χ0n) is 14.6. The number of aliphatic imine (C=N–C) groups is 1. The molecule has 126 valence electrons. The van der Waals surface area contributed by atoms with Gasteiger partial charge in [0.05, 0.1) is 6.10 Å². The number of nitriles is 1. The normalized spacial score (nSPS) is 54.0. The highest BCUT2D eigenvalue weighted by atomic mass is 16.3. The molecular weight excluding hydrogens is 284 g/mol. The first-order chi connectivity index (χ1) is 11.0. The van der Waals surface area contributed by atoms with Crippen LogP contribution in [0.1, 0.15) is 71.6 Å². The highest BCUT2D eigenvalue weighted by Gasteiger charge is 2.58. The van der Waals surface area contributed by atoms with Gasteiger partial charge >= 0.3 is 0 Å². The van der Waals surface area contributed by atoms with Crippen LogP contribution < -0.4 is 0 Å². The van der Waals surface area contributed by atoms with Crippen LogP contribution in [-0.2, 0) is 0 Å². The fourth-order valence-electron chi connectivity index (χ4n) is 7.20. The lowest BCUT2D eigenvalue weighted by Crippen LogP contribution is -2.53. The molecule has 23 heavy (non-hydrogen) atoms. The van der Waals surface area contributed by atoms with E-state index >= 15 is 0 Å². The summed E-state index contributed by atoms with van der Waals surface area (Å²) in [6, 6.07) is 0. The maximum atomic E-state index is 10.1. The number of hydrogen-bond donors (Lipinski definition) is 1. The average molecular weight is 314 g/mol. The fourth-order valence-corrected chi connectivity index (χ4v) is 7.20. The number of aliphatic hydroxyl groups is 1. The number of nitrogens with zero attached hydrogens (tertiary/aromatic N) is 2. The molecule has 0 bridgehead atoms. The predicted octanol–water partition coefficient (Wildman–Crippen LogP) is 4.31. The zero-order chi connectivity index (χ0) is 16.2. The van der Waals surface area contributed by atoms with Crippen molar-refractivity contribution < 1.29 is 5.11 Å². The third kappa shape index (κ3) is 2.29. The molecular formula is C20H30N2O. The molecule has 4 rings (SSSR count). The quantitative estimate of drug-likeness (QED) is 0.677. The Labute approximate surface area is 140 Å². The van der Waals surface area contributed by atoms with E-state index in [1.807, 2.05) is 6.19 Å². The first-order valence-corrected chi connectivity index (χ1v) is 9.59. The number of hydrogen-bond acceptors (Lipinski definition) is 3. The molecule has 4 saturated carbocycles. The third-order valence-electron chi connectivity index (χ3n) is 8.43. The SMILES string of the molecule is CC12CCC3C(CCC4CC(O)CCC43C)C1CC(=NC#N)C2. The van der Waals surface area contributed by atoms with Gasteiger partial charge in [-0.2, -0.15) is 10.3 Å². The Balaban J connectivity index is 1.62. The zero-order valence-corrected chi connectivity index (χ0v) is 14.6. The second-order valence-electron chi connectivity index (χ2n) is 9.44. The van der Waals surface area contributed by atoms with Gasteiger partial charge in [0, 0.05) is 5.71 Å². The molecule has 0 aromatic carbocycles. The van der Waals surface area contributed by atoms with Gasteiger partial charge in [-0.3, -0.25) is 0 Å². The van der Waals surface area contributed by atoms with E-state index in [9.17, 15) is 5.11 Å². The molecule has 4 aliphatic rings. The lowest BCUT2D eigenvalue weighted by atomic mass is 9.45. The van der Waals surface area contributed by atoms with E-state index < -0.39 is 0 Å². The van der Waals surface area contributed by atoms with Crippen molar-refractivity contribution >= 4 is 5.71 Å². The molecule has 0 spiro atoms. The Hall–Kier alpha value is -0.880. The van der Waals surface area contributed by atoms with Crippen molar-refractivity contribution in [2.45, 2.75) is 77.7 Å². The van der Waals surface area contributed by atoms with Crippen molar-refractivity contribution in [1.29, 1.82) is 5.26 Å². The maximum Gasteiger partial charge on any atom is 0.205 e. The number of aliphatic hydroxyl groups excluding tert-OH is 1. The van der Waals surface area contributed by atoms with Crippen molar-refractivity contribution in [3.8, 4) is 6.19 Å². The van der Waals surface area contributed by atoms with Crippen LogP contribution in [0.3, 0.4) is 0 Å². The predicted molar refractivity (Wildman–Crippen MR) is 90.8 cm³/mol. The van der Waals surface area contributed by atoms with E-state index in [1.54, 1.807) is 0 Å². The summed E-state index contributed by atoms with van der Waals surface area (Å²) in [5, 5.41) is 19.0. The minimum atomic E-state index is -0.0562. The van der Waals surface area contributed by atoms with Crippen LogP contribution in [0.4, 0.5) is 0 Å². The lowest BCUT2D eigenvalue weighted by molar-refractivity contribution is -0.120. The summed E-state index contributed by atoms with van der Waals surface area (Å²) in [4.78, 5) is 4.13. The average Bonchev–Trinajstić information content (AvgIpc) is 2.84. The van der Waals surface area contributed by atoms with Crippen LogP contribution >= 0.6 is 0 Å². The van der Waals surface area contributed by atoms with Crippen molar-refractivity contribution in [2.75, 3.05) is 0 Å². The Morgan fingerprint density at radius 1 is 1.13 bits per heavy atom. The minimum absolute atomic E-state index is 0.0562. The van der Waals surface area contributed by atoms with Gasteiger partial charge in [-0.15, -0.1) is 0 Å². The highest BCUT2D eigenvalue weighted by Crippen LogP contribution is 2.65. The molecule has 0 aromatic rings. The number of fused-ring (bicyclic) bond motifs is 5. The summed E-state index contributed by atoms with van der Waals surface area (Å²) in [5.41, 5.74) is 1.99. The van der Waals surface area contributed by atoms with Crippen LogP contribution in [0.5, 0.6) is 0 Å². The Morgan fingerprint density at radius 3 is 2.74 bits per heavy atom. The summed E-state index contributed by atoms with van der Waals surface area (Å²) in [6.07, 6.45) is 12.6. The van der Waals surface area contributed by atoms with E-state index in [1.165, 1.54) is 32.1 Å². The van der Waals surface area contributed by atoms with Crippen LogP contribution in [0.25, 0.3) is 0 Å². The monoisotopic (exact) mass is 314 g/mol. The van der Waals surface area contributed by atoms with E-state index in [-0.39, 0.29) is 6.10 Å². The van der Waals surface area contributed by atoms with Gasteiger partial charge in [0.25, 0.3) is 0 Å². The van der Waals surface area contributed by atoms with Crippen LogP contribution in [-0.4, -0.2) is 16.9 Å². The van der Waals surface area contributed by atoms with Gasteiger partial charge in [0.1, 0.15) is 0 Å². The first kappa shape index (κ1) is 15.6. The lowest BCUT2D eigenvalue weighted by Gasteiger charge is -2.60. The first-order valence-electron chi connectivity index (χ1n) is 9.59. The van der Waals surface area contributed by atoms with Crippen LogP contribution in [0.15, 0.2) is 4.99 Å². The molecule has 0 amide bonds. The minimum Gasteiger partial charge on any atom is -0.393 e. The summed E-state index contributed by atoms with van der Waals surface area (Å²) < 4.78 is 0. The van der Waals surface area contributed by atoms with Gasteiger partial charge in [-0.1, -0.05) is 13.8 Å². The van der Waals surface area contributed by atoms with Gasteiger partial charge in [0.2, 0.25) is 6.19 Å². The molecule has 3 nitrogen and oxygen atoms in total. The molecule has 4 aliphatic carbocycles. The fraction of sp³-hybridized carbons (Fsp3) is 0.900. The molecule has 1 N–H and O–H groups in total. The van der Waals surface area contributed by atoms with E-state index in [0.717, 1.165) is 55.1 Å². The highest BCUT2D eigenvalue weighted by molar-refractivity contribution is 5.88. The second kappa shape index (κ2) is 5.31. The third-order valence-corrected chi connectivity index (χ3v) is 8.43. The van der Waals surface area contributed by atoms with Crippen molar-refractivity contribution in [2.24, 2.45) is 39.5 Å². The molecule has 0 saturated heterocycles. The molecule has 3 heteroatoms. The number of rotatable bonds is 0. The molecule has 0 heterocycles. The van der Waals surface area contributed by atoms with E-state index in [2.05, 4.69) is 18.8 Å². The topological polar surface area (TPSA) is 56.4 Å². The Kier molecular flexibility index (Phi) is 3.61. The second-order valence-corrected chi connectivity index (χ2v) is 9.44. The summed E-state index contributed by atoms with van der Waals surface area (Å²) in [5.74, 6) is 3.10. The molecule has 4 fully saturated rings. The van der Waals surface area contributed by atoms with Gasteiger partial charge in [-0.25, -0.2) is 0 Å². The van der Waals surface area contributed by atoms with Crippen molar-refractivity contribution in [3.63, 3.8) is 0 Å². The van der Waals surface area contributed by atoms with Crippen molar-refractivity contribution in [1.82, 2.24) is 0 Å². The summed E-state index contributed by atoms with van der Waals surface area (Å²) >= 11 is 0. The maximum absolute atomic E-state index is 10.1. The molecule has 0 radical (unpaired) electrons. The molecule has 7 unspecified atom stereocenters. The van der Waals surface area contributed by atoms with Crippen molar-refractivity contribution in [3.05, 3.63) is 0 Å².